The van der Waals surface area contributed by atoms with Crippen LogP contribution in [0.15, 0.2) is 30.5 Å². The highest BCUT2D eigenvalue weighted by atomic mass is 16.6. The molecule has 1 heterocycles. The van der Waals surface area contributed by atoms with Gasteiger partial charge >= 0.3 is 11.9 Å². The van der Waals surface area contributed by atoms with Crippen LogP contribution in [0.2, 0.25) is 0 Å². The molecule has 0 unspecified atom stereocenters. The van der Waals surface area contributed by atoms with Crippen LogP contribution >= 0.6 is 0 Å². The number of ether oxygens (including phenoxy) is 3. The zero-order valence-electron chi connectivity index (χ0n) is 19.5. The zero-order chi connectivity index (χ0) is 24.0. The molecule has 1 aromatic carbocycles. The Kier molecular flexibility index (Phi) is 8.34. The maximum atomic E-state index is 12.7. The van der Waals surface area contributed by atoms with Gasteiger partial charge < -0.3 is 19.5 Å². The van der Waals surface area contributed by atoms with E-state index in [1.165, 1.54) is 33.2 Å². The lowest BCUT2D eigenvalue weighted by molar-refractivity contribution is -0.151. The molecule has 32 heavy (non-hydrogen) atoms. The first-order valence-electron chi connectivity index (χ1n) is 10.4. The maximum absolute atomic E-state index is 12.7. The van der Waals surface area contributed by atoms with Crippen molar-refractivity contribution in [3.05, 3.63) is 52.8 Å². The van der Waals surface area contributed by atoms with Gasteiger partial charge in [0, 0.05) is 25.1 Å². The fraction of sp³-hybridized carbons (Fsp3) is 0.417. The van der Waals surface area contributed by atoms with Crippen LogP contribution in [0.4, 0.5) is 0 Å². The van der Waals surface area contributed by atoms with E-state index in [0.717, 1.165) is 16.7 Å². The SMILES string of the molecule is COc1ccnc(C(=O)N[C@@H](C)C(=O)O[C@H](C)[C@H](C)c2c(C)cccc2C)c1OC(C)=O. The summed E-state index contributed by atoms with van der Waals surface area (Å²) in [6.45, 7) is 10.6. The molecule has 2 rings (SSSR count). The number of aromatic nitrogens is 1. The molecular formula is C24H30N2O6. The minimum Gasteiger partial charge on any atom is -0.493 e. The molecule has 172 valence electrons. The lowest BCUT2D eigenvalue weighted by Crippen LogP contribution is -2.41. The summed E-state index contributed by atoms with van der Waals surface area (Å²) in [4.78, 5) is 40.8. The van der Waals surface area contributed by atoms with Crippen LogP contribution in [0.3, 0.4) is 0 Å². The van der Waals surface area contributed by atoms with E-state index in [0.29, 0.717) is 0 Å². The van der Waals surface area contributed by atoms with Gasteiger partial charge in [-0.1, -0.05) is 25.1 Å². The molecule has 3 atom stereocenters. The van der Waals surface area contributed by atoms with E-state index in [-0.39, 0.29) is 23.1 Å². The van der Waals surface area contributed by atoms with Crippen molar-refractivity contribution in [2.75, 3.05) is 7.11 Å². The van der Waals surface area contributed by atoms with Crippen molar-refractivity contribution in [1.29, 1.82) is 0 Å². The van der Waals surface area contributed by atoms with Gasteiger partial charge in [-0.3, -0.25) is 9.59 Å². The van der Waals surface area contributed by atoms with Crippen LogP contribution in [-0.4, -0.2) is 42.1 Å². The second-order valence-corrected chi connectivity index (χ2v) is 7.72. The number of benzene rings is 1. The number of carbonyl (C=O) groups excluding carboxylic acids is 3. The summed E-state index contributed by atoms with van der Waals surface area (Å²) >= 11 is 0. The fourth-order valence-electron chi connectivity index (χ4n) is 3.49. The van der Waals surface area contributed by atoms with E-state index in [2.05, 4.69) is 10.3 Å². The summed E-state index contributed by atoms with van der Waals surface area (Å²) in [5.74, 6) is -1.88. The molecule has 8 heteroatoms. The molecule has 0 saturated carbocycles. The van der Waals surface area contributed by atoms with Gasteiger partial charge in [-0.25, -0.2) is 9.78 Å². The molecule has 1 amide bonds. The van der Waals surface area contributed by atoms with Crippen LogP contribution in [0.1, 0.15) is 60.8 Å². The molecule has 0 aliphatic heterocycles. The summed E-state index contributed by atoms with van der Waals surface area (Å²) in [5, 5.41) is 2.54. The molecule has 0 spiro atoms. The Morgan fingerprint density at radius 3 is 2.22 bits per heavy atom. The Morgan fingerprint density at radius 1 is 1.03 bits per heavy atom. The van der Waals surface area contributed by atoms with Crippen molar-refractivity contribution in [3.63, 3.8) is 0 Å². The highest BCUT2D eigenvalue weighted by Gasteiger charge is 2.27. The van der Waals surface area contributed by atoms with Gasteiger partial charge in [0.25, 0.3) is 5.91 Å². The molecule has 0 saturated heterocycles. The van der Waals surface area contributed by atoms with E-state index in [4.69, 9.17) is 14.2 Å². The number of esters is 2. The van der Waals surface area contributed by atoms with Crippen molar-refractivity contribution < 1.29 is 28.6 Å². The lowest BCUT2D eigenvalue weighted by atomic mass is 9.89. The van der Waals surface area contributed by atoms with Gasteiger partial charge in [0.15, 0.2) is 11.4 Å². The monoisotopic (exact) mass is 442 g/mol. The minimum absolute atomic E-state index is 0.0290. The average Bonchev–Trinajstić information content (AvgIpc) is 2.72. The fourth-order valence-corrected chi connectivity index (χ4v) is 3.49. The highest BCUT2D eigenvalue weighted by Crippen LogP contribution is 2.30. The Labute approximate surface area is 188 Å². The Bertz CT molecular complexity index is 984. The van der Waals surface area contributed by atoms with Gasteiger partial charge in [-0.15, -0.1) is 0 Å². The second-order valence-electron chi connectivity index (χ2n) is 7.72. The third-order valence-electron chi connectivity index (χ3n) is 5.25. The zero-order valence-corrected chi connectivity index (χ0v) is 19.5. The lowest BCUT2D eigenvalue weighted by Gasteiger charge is -2.25. The number of aryl methyl sites for hydroxylation is 2. The van der Waals surface area contributed by atoms with E-state index < -0.39 is 30.0 Å². The van der Waals surface area contributed by atoms with Crippen molar-refractivity contribution in [1.82, 2.24) is 10.3 Å². The Hall–Kier alpha value is -3.42. The quantitative estimate of drug-likeness (QED) is 0.624. The van der Waals surface area contributed by atoms with Gasteiger partial charge in [-0.05, 0) is 44.4 Å². The first-order valence-corrected chi connectivity index (χ1v) is 10.4. The maximum Gasteiger partial charge on any atom is 0.328 e. The first kappa shape index (κ1) is 24.8. The van der Waals surface area contributed by atoms with E-state index in [1.54, 1.807) is 0 Å². The topological polar surface area (TPSA) is 104 Å². The van der Waals surface area contributed by atoms with Crippen LogP contribution in [0.5, 0.6) is 11.5 Å². The van der Waals surface area contributed by atoms with E-state index >= 15 is 0 Å². The van der Waals surface area contributed by atoms with Crippen molar-refractivity contribution >= 4 is 17.8 Å². The van der Waals surface area contributed by atoms with Crippen molar-refractivity contribution in [3.8, 4) is 11.5 Å². The van der Waals surface area contributed by atoms with Crippen LogP contribution in [-0.2, 0) is 14.3 Å². The molecule has 0 radical (unpaired) electrons. The molecule has 2 aromatic rings. The van der Waals surface area contributed by atoms with Crippen molar-refractivity contribution in [2.45, 2.75) is 59.6 Å². The van der Waals surface area contributed by atoms with Gasteiger partial charge in [0.1, 0.15) is 12.1 Å². The minimum atomic E-state index is -0.951. The molecule has 8 nitrogen and oxygen atoms in total. The molecule has 1 N–H and O–H groups in total. The molecule has 0 aliphatic rings. The van der Waals surface area contributed by atoms with Crippen LogP contribution in [0, 0.1) is 13.8 Å². The summed E-state index contributed by atoms with van der Waals surface area (Å²) in [6.07, 6.45) is 0.936. The van der Waals surface area contributed by atoms with Crippen LogP contribution < -0.4 is 14.8 Å². The Balaban J connectivity index is 2.11. The molecular weight excluding hydrogens is 412 g/mol. The molecule has 0 aliphatic carbocycles. The summed E-state index contributed by atoms with van der Waals surface area (Å²) in [7, 11) is 1.38. The van der Waals surface area contributed by atoms with Gasteiger partial charge in [0.2, 0.25) is 5.75 Å². The number of nitrogens with one attached hydrogen (secondary N) is 1. The van der Waals surface area contributed by atoms with Crippen LogP contribution in [0.25, 0.3) is 0 Å². The van der Waals surface area contributed by atoms with E-state index in [1.807, 2.05) is 45.9 Å². The largest absolute Gasteiger partial charge is 0.493 e. The summed E-state index contributed by atoms with van der Waals surface area (Å²) in [5.41, 5.74) is 3.22. The molecule has 0 fully saturated rings. The molecule has 1 aromatic heterocycles. The normalized spacial score (nSPS) is 13.5. The number of amides is 1. The number of carbonyl (C=O) groups is 3. The van der Waals surface area contributed by atoms with Crippen molar-refractivity contribution in [2.24, 2.45) is 0 Å². The summed E-state index contributed by atoms with van der Waals surface area (Å²) in [6, 6.07) is 6.55. The average molecular weight is 443 g/mol. The number of nitrogens with zero attached hydrogens (tertiary/aromatic N) is 1. The number of hydrogen-bond donors (Lipinski definition) is 1. The molecule has 0 bridgehead atoms. The first-order chi connectivity index (χ1) is 15.1. The highest BCUT2D eigenvalue weighted by molar-refractivity contribution is 5.98. The summed E-state index contributed by atoms with van der Waals surface area (Å²) < 4.78 is 15.9. The predicted octanol–water partition coefficient (Wildman–Crippen LogP) is 3.49. The number of methoxy groups -OCH3 is 1. The number of pyridine rings is 1. The smallest absolute Gasteiger partial charge is 0.328 e. The number of rotatable bonds is 8. The third-order valence-corrected chi connectivity index (χ3v) is 5.25. The number of hydrogen-bond acceptors (Lipinski definition) is 7. The van der Waals surface area contributed by atoms with Gasteiger partial charge in [0.05, 0.1) is 7.11 Å². The third kappa shape index (κ3) is 5.84. The second kappa shape index (κ2) is 10.7. The predicted molar refractivity (Wildman–Crippen MR) is 119 cm³/mol. The van der Waals surface area contributed by atoms with E-state index in [9.17, 15) is 14.4 Å². The standard InChI is InChI=1S/C24H30N2O6/c1-13-9-8-10-14(2)20(13)15(3)17(5)31-24(29)16(4)26-23(28)21-22(32-18(6)27)19(30-7)11-12-25-21/h8-12,15-17H,1-7H3,(H,26,28)/t15-,16-,17+/m0/s1. The van der Waals surface area contributed by atoms with Gasteiger partial charge in [-0.2, -0.15) is 0 Å². The Morgan fingerprint density at radius 2 is 1.66 bits per heavy atom.